The van der Waals surface area contributed by atoms with Crippen molar-refractivity contribution >= 4 is 18.0 Å². The van der Waals surface area contributed by atoms with Gasteiger partial charge >= 0.3 is 6.16 Å². The van der Waals surface area contributed by atoms with Crippen LogP contribution in [0.3, 0.4) is 0 Å². The summed E-state index contributed by atoms with van der Waals surface area (Å²) in [5.74, 6) is -0.997. The fourth-order valence-corrected chi connectivity index (χ4v) is 1.80. The van der Waals surface area contributed by atoms with Crippen molar-refractivity contribution in [3.8, 4) is 0 Å². The summed E-state index contributed by atoms with van der Waals surface area (Å²) in [7, 11) is 0. The van der Waals surface area contributed by atoms with E-state index in [0.29, 0.717) is 5.06 Å². The largest absolute Gasteiger partial charge is 0.533 e. The van der Waals surface area contributed by atoms with Crippen molar-refractivity contribution in [2.75, 3.05) is 6.61 Å². The summed E-state index contributed by atoms with van der Waals surface area (Å²) in [5.41, 5.74) is 0. The normalized spacial score (nSPS) is 14.9. The highest BCUT2D eigenvalue weighted by molar-refractivity contribution is 6.01. The van der Waals surface area contributed by atoms with Gasteiger partial charge in [-0.1, -0.05) is 44.1 Å². The number of hydrogen-bond donors (Lipinski definition) is 0. The first-order valence-electron chi connectivity index (χ1n) is 6.85. The average Bonchev–Trinajstić information content (AvgIpc) is 2.69. The van der Waals surface area contributed by atoms with Crippen LogP contribution in [0.1, 0.15) is 58.3 Å². The fourth-order valence-electron chi connectivity index (χ4n) is 1.80. The maximum atomic E-state index is 11.2. The molecule has 0 saturated carbocycles. The number of rotatable bonds is 8. The standard InChI is InChI=1S/C13H21NO5/c1-2-3-4-5-6-7-10-18-13(17)19-14-11(15)8-9-12(14)16/h2-10H2,1H3. The Kier molecular flexibility index (Phi) is 6.92. The zero-order valence-electron chi connectivity index (χ0n) is 11.4. The molecule has 0 aliphatic carbocycles. The number of unbranched alkanes of at least 4 members (excludes halogenated alkanes) is 5. The summed E-state index contributed by atoms with van der Waals surface area (Å²) in [6.45, 7) is 2.40. The number of nitrogens with zero attached hydrogens (tertiary/aromatic N) is 1. The van der Waals surface area contributed by atoms with Crippen molar-refractivity contribution in [2.45, 2.75) is 58.3 Å². The van der Waals surface area contributed by atoms with E-state index in [2.05, 4.69) is 11.8 Å². The van der Waals surface area contributed by atoms with E-state index in [9.17, 15) is 14.4 Å². The summed E-state index contributed by atoms with van der Waals surface area (Å²) in [6, 6.07) is 0. The Morgan fingerprint density at radius 3 is 2.26 bits per heavy atom. The third kappa shape index (κ3) is 5.72. The van der Waals surface area contributed by atoms with E-state index in [1.165, 1.54) is 19.3 Å². The van der Waals surface area contributed by atoms with Gasteiger partial charge in [0.25, 0.3) is 11.8 Å². The van der Waals surface area contributed by atoms with E-state index in [-0.39, 0.29) is 19.4 Å². The first-order chi connectivity index (χ1) is 9.15. The smallest absolute Gasteiger partial charge is 0.433 e. The van der Waals surface area contributed by atoms with Gasteiger partial charge in [-0.05, 0) is 6.42 Å². The van der Waals surface area contributed by atoms with Gasteiger partial charge < -0.3 is 4.74 Å². The summed E-state index contributed by atoms with van der Waals surface area (Å²) in [6.07, 6.45) is 5.68. The molecule has 1 aliphatic rings. The Balaban J connectivity index is 2.05. The number of imide groups is 1. The summed E-state index contributed by atoms with van der Waals surface area (Å²) < 4.78 is 4.80. The molecular weight excluding hydrogens is 250 g/mol. The molecule has 2 amide bonds. The molecule has 1 saturated heterocycles. The zero-order valence-corrected chi connectivity index (χ0v) is 11.4. The Bertz CT molecular complexity index is 313. The highest BCUT2D eigenvalue weighted by atomic mass is 16.8. The lowest BCUT2D eigenvalue weighted by Crippen LogP contribution is -2.32. The van der Waals surface area contributed by atoms with E-state index in [4.69, 9.17) is 4.74 Å². The second kappa shape index (κ2) is 8.50. The third-order valence-corrected chi connectivity index (χ3v) is 2.89. The van der Waals surface area contributed by atoms with Crippen LogP contribution in [0.5, 0.6) is 0 Å². The molecule has 0 atom stereocenters. The molecular formula is C13H21NO5. The number of carbonyl (C=O) groups excluding carboxylic acids is 3. The van der Waals surface area contributed by atoms with Gasteiger partial charge in [-0.2, -0.15) is 0 Å². The molecule has 1 fully saturated rings. The van der Waals surface area contributed by atoms with E-state index < -0.39 is 18.0 Å². The molecule has 1 heterocycles. The second-order valence-corrected chi connectivity index (χ2v) is 4.54. The van der Waals surface area contributed by atoms with Crippen LogP contribution in [0, 0.1) is 0 Å². The van der Waals surface area contributed by atoms with Crippen LogP contribution in [0.2, 0.25) is 0 Å². The van der Waals surface area contributed by atoms with Gasteiger partial charge in [0.05, 0.1) is 6.61 Å². The molecule has 0 radical (unpaired) electrons. The van der Waals surface area contributed by atoms with E-state index >= 15 is 0 Å². The predicted octanol–water partition coefficient (Wildman–Crippen LogP) is 2.56. The van der Waals surface area contributed by atoms with Crippen molar-refractivity contribution in [3.63, 3.8) is 0 Å². The highest BCUT2D eigenvalue weighted by Gasteiger charge is 2.33. The van der Waals surface area contributed by atoms with Crippen molar-refractivity contribution < 1.29 is 24.0 Å². The van der Waals surface area contributed by atoms with Crippen LogP contribution in [0.15, 0.2) is 0 Å². The van der Waals surface area contributed by atoms with Gasteiger partial charge in [0.2, 0.25) is 0 Å². The molecule has 0 unspecified atom stereocenters. The lowest BCUT2D eigenvalue weighted by molar-refractivity contribution is -0.177. The monoisotopic (exact) mass is 271 g/mol. The van der Waals surface area contributed by atoms with Crippen LogP contribution < -0.4 is 0 Å². The number of hydrogen-bond acceptors (Lipinski definition) is 5. The van der Waals surface area contributed by atoms with Crippen molar-refractivity contribution in [1.29, 1.82) is 0 Å². The van der Waals surface area contributed by atoms with Gasteiger partial charge in [-0.15, -0.1) is 0 Å². The summed E-state index contributed by atoms with van der Waals surface area (Å²) in [5, 5.41) is 0.490. The number of amides is 2. The summed E-state index contributed by atoms with van der Waals surface area (Å²) in [4.78, 5) is 38.1. The first-order valence-corrected chi connectivity index (χ1v) is 6.85. The number of carbonyl (C=O) groups is 3. The molecule has 108 valence electrons. The minimum absolute atomic E-state index is 0.0868. The van der Waals surface area contributed by atoms with Crippen molar-refractivity contribution in [2.24, 2.45) is 0 Å². The number of hydroxylamine groups is 2. The van der Waals surface area contributed by atoms with Gasteiger partial charge in [0.1, 0.15) is 0 Å². The second-order valence-electron chi connectivity index (χ2n) is 4.54. The van der Waals surface area contributed by atoms with Gasteiger partial charge in [0, 0.05) is 12.8 Å². The van der Waals surface area contributed by atoms with E-state index in [1.807, 2.05) is 0 Å². The SMILES string of the molecule is CCCCCCCCOC(=O)ON1C(=O)CCC1=O. The molecule has 0 N–H and O–H groups in total. The Morgan fingerprint density at radius 2 is 1.63 bits per heavy atom. The lowest BCUT2D eigenvalue weighted by atomic mass is 10.1. The van der Waals surface area contributed by atoms with Crippen LogP contribution in [0.25, 0.3) is 0 Å². The lowest BCUT2D eigenvalue weighted by Gasteiger charge is -2.12. The molecule has 0 spiro atoms. The minimum Gasteiger partial charge on any atom is -0.433 e. The van der Waals surface area contributed by atoms with Crippen LogP contribution in [-0.4, -0.2) is 29.6 Å². The first kappa shape index (κ1) is 15.5. The minimum atomic E-state index is -0.989. The van der Waals surface area contributed by atoms with E-state index in [0.717, 1.165) is 19.3 Å². The molecule has 0 aromatic rings. The maximum absolute atomic E-state index is 11.2. The molecule has 1 rings (SSSR count). The van der Waals surface area contributed by atoms with Crippen LogP contribution in [-0.2, 0) is 19.2 Å². The molecule has 0 aromatic heterocycles. The molecule has 6 heteroatoms. The van der Waals surface area contributed by atoms with Gasteiger partial charge in [-0.3, -0.25) is 14.4 Å². The van der Waals surface area contributed by atoms with E-state index in [1.54, 1.807) is 0 Å². The Morgan fingerprint density at radius 1 is 1.05 bits per heavy atom. The Labute approximate surface area is 113 Å². The molecule has 6 nitrogen and oxygen atoms in total. The molecule has 19 heavy (non-hydrogen) atoms. The maximum Gasteiger partial charge on any atom is 0.533 e. The molecule has 0 bridgehead atoms. The van der Waals surface area contributed by atoms with Gasteiger partial charge in [-0.25, -0.2) is 4.79 Å². The molecule has 1 aliphatic heterocycles. The highest BCUT2D eigenvalue weighted by Crippen LogP contribution is 2.12. The average molecular weight is 271 g/mol. The quantitative estimate of drug-likeness (QED) is 0.385. The number of ether oxygens (including phenoxy) is 1. The topological polar surface area (TPSA) is 72.9 Å². The fraction of sp³-hybridized carbons (Fsp3) is 0.769. The predicted molar refractivity (Wildman–Crippen MR) is 66.9 cm³/mol. The third-order valence-electron chi connectivity index (χ3n) is 2.89. The van der Waals surface area contributed by atoms with Gasteiger partial charge in [0.15, 0.2) is 0 Å². The van der Waals surface area contributed by atoms with Crippen LogP contribution in [0.4, 0.5) is 4.79 Å². The van der Waals surface area contributed by atoms with Crippen molar-refractivity contribution in [1.82, 2.24) is 5.06 Å². The molecule has 0 aromatic carbocycles. The van der Waals surface area contributed by atoms with Crippen molar-refractivity contribution in [3.05, 3.63) is 0 Å². The van der Waals surface area contributed by atoms with Crippen LogP contribution >= 0.6 is 0 Å². The zero-order chi connectivity index (χ0) is 14.1. The Hall–Kier alpha value is -1.59. The summed E-state index contributed by atoms with van der Waals surface area (Å²) >= 11 is 0.